The maximum absolute atomic E-state index is 11.2. The van der Waals surface area contributed by atoms with E-state index in [0.717, 1.165) is 15.6 Å². The molecule has 1 rings (SSSR count). The molecule has 0 unspecified atom stereocenters. The maximum atomic E-state index is 11.2. The second kappa shape index (κ2) is 5.02. The zero-order chi connectivity index (χ0) is 11.4. The third kappa shape index (κ3) is 3.79. The Morgan fingerprint density at radius 1 is 1.40 bits per heavy atom. The lowest BCUT2D eigenvalue weighted by atomic mass is 10.3. The van der Waals surface area contributed by atoms with Crippen LogP contribution in [0.2, 0.25) is 0 Å². The summed E-state index contributed by atoms with van der Waals surface area (Å²) in [7, 11) is 0. The molecule has 15 heavy (non-hydrogen) atoms. The summed E-state index contributed by atoms with van der Waals surface area (Å²) in [4.78, 5) is 27.3. The van der Waals surface area contributed by atoms with Crippen molar-refractivity contribution in [2.45, 2.75) is 33.7 Å². The van der Waals surface area contributed by atoms with Gasteiger partial charge in [-0.1, -0.05) is 0 Å². The van der Waals surface area contributed by atoms with Gasteiger partial charge >= 0.3 is 0 Å². The number of nitrogens with zero attached hydrogens (tertiary/aromatic N) is 1. The van der Waals surface area contributed by atoms with E-state index < -0.39 is 0 Å². The van der Waals surface area contributed by atoms with Crippen molar-refractivity contribution >= 4 is 23.0 Å². The highest BCUT2D eigenvalue weighted by molar-refractivity contribution is 7.11. The molecule has 5 heteroatoms. The molecule has 0 aromatic carbocycles. The van der Waals surface area contributed by atoms with Crippen molar-refractivity contribution in [1.29, 1.82) is 0 Å². The Morgan fingerprint density at radius 3 is 2.53 bits per heavy atom. The molecule has 4 nitrogen and oxygen atoms in total. The van der Waals surface area contributed by atoms with Crippen LogP contribution >= 0.6 is 11.3 Å². The van der Waals surface area contributed by atoms with Crippen molar-refractivity contribution in [3.05, 3.63) is 15.6 Å². The first-order valence-corrected chi connectivity index (χ1v) is 5.49. The van der Waals surface area contributed by atoms with Crippen molar-refractivity contribution in [2.75, 3.05) is 0 Å². The largest absolute Gasteiger partial charge is 0.349 e. The van der Waals surface area contributed by atoms with Gasteiger partial charge in [-0.2, -0.15) is 0 Å². The van der Waals surface area contributed by atoms with Crippen LogP contribution < -0.4 is 5.32 Å². The van der Waals surface area contributed by atoms with Crippen LogP contribution in [0.5, 0.6) is 0 Å². The topological polar surface area (TPSA) is 59.1 Å². The number of Topliss-reactive ketones (excluding diaryl/α,β-unsaturated/α-hetero) is 1. The number of carbonyl (C=O) groups excluding carboxylic acids is 2. The van der Waals surface area contributed by atoms with Gasteiger partial charge in [0.05, 0.1) is 18.7 Å². The molecule has 0 spiro atoms. The smallest absolute Gasteiger partial charge is 0.227 e. The zero-order valence-electron chi connectivity index (χ0n) is 9.09. The summed E-state index contributed by atoms with van der Waals surface area (Å²) in [6, 6.07) is 0. The number of hydrogen-bond acceptors (Lipinski definition) is 4. The molecule has 0 saturated carbocycles. The summed E-state index contributed by atoms with van der Waals surface area (Å²) in [6.07, 6.45) is -0.0522. The van der Waals surface area contributed by atoms with Gasteiger partial charge in [0.25, 0.3) is 0 Å². The summed E-state index contributed by atoms with van der Waals surface area (Å²) in [5, 5.41) is 3.54. The lowest BCUT2D eigenvalue weighted by molar-refractivity contribution is -0.127. The van der Waals surface area contributed by atoms with Gasteiger partial charge in [0.1, 0.15) is 10.8 Å². The van der Waals surface area contributed by atoms with Crippen molar-refractivity contribution in [2.24, 2.45) is 0 Å². The van der Waals surface area contributed by atoms with E-state index in [1.807, 2.05) is 13.8 Å². The minimum Gasteiger partial charge on any atom is -0.349 e. The molecular formula is C10H14N2O2S. The third-order valence-electron chi connectivity index (χ3n) is 1.92. The first-order valence-electron chi connectivity index (χ1n) is 4.68. The average Bonchev–Trinajstić information content (AvgIpc) is 2.42. The van der Waals surface area contributed by atoms with Gasteiger partial charge in [-0.25, -0.2) is 4.98 Å². The lowest BCUT2D eigenvalue weighted by Gasteiger charge is -1.99. The van der Waals surface area contributed by atoms with Gasteiger partial charge in [-0.05, 0) is 20.8 Å². The summed E-state index contributed by atoms with van der Waals surface area (Å²) in [5.74, 6) is -0.369. The fraction of sp³-hybridized carbons (Fsp3) is 0.500. The molecule has 0 atom stereocenters. The van der Waals surface area contributed by atoms with Gasteiger partial charge in [0.2, 0.25) is 5.91 Å². The van der Waals surface area contributed by atoms with E-state index >= 15 is 0 Å². The fourth-order valence-corrected chi connectivity index (χ4v) is 1.95. The highest BCUT2D eigenvalue weighted by Gasteiger charge is 2.07. The molecule has 1 N–H and O–H groups in total. The fourth-order valence-electron chi connectivity index (χ4n) is 1.08. The predicted octanol–water partition coefficient (Wildman–Crippen LogP) is 1.36. The number of thiazole rings is 1. The highest BCUT2D eigenvalue weighted by Crippen LogP contribution is 2.15. The van der Waals surface area contributed by atoms with Crippen LogP contribution in [0.1, 0.15) is 28.9 Å². The first-order chi connectivity index (χ1) is 6.99. The Balaban J connectivity index is 2.43. The Labute approximate surface area is 92.7 Å². The quantitative estimate of drug-likeness (QED) is 0.788. The molecule has 0 radical (unpaired) electrons. The number of rotatable bonds is 4. The molecule has 0 aliphatic rings. The molecule has 1 heterocycles. The number of nitrogens with one attached hydrogen (secondary N) is 1. The molecule has 82 valence electrons. The summed E-state index contributed by atoms with van der Waals surface area (Å²) < 4.78 is 0. The van der Waals surface area contributed by atoms with Crippen LogP contribution in [-0.4, -0.2) is 16.7 Å². The number of hydrogen-bond donors (Lipinski definition) is 1. The molecule has 0 aliphatic carbocycles. The number of aryl methyl sites for hydroxylation is 2. The van der Waals surface area contributed by atoms with Crippen LogP contribution in [0.15, 0.2) is 0 Å². The standard InChI is InChI=1S/C10H14N2O2S/c1-6(13)4-9(14)11-5-10-12-7(2)8(3)15-10/h4-5H2,1-3H3,(H,11,14). The van der Waals surface area contributed by atoms with Crippen LogP contribution in [-0.2, 0) is 16.1 Å². The SMILES string of the molecule is CC(=O)CC(=O)NCc1nc(C)c(C)s1. The van der Waals surface area contributed by atoms with Crippen LogP contribution in [0.25, 0.3) is 0 Å². The Morgan fingerprint density at radius 2 is 2.07 bits per heavy atom. The highest BCUT2D eigenvalue weighted by atomic mass is 32.1. The van der Waals surface area contributed by atoms with E-state index in [-0.39, 0.29) is 18.1 Å². The summed E-state index contributed by atoms with van der Waals surface area (Å²) in [5.41, 5.74) is 0.996. The van der Waals surface area contributed by atoms with E-state index in [4.69, 9.17) is 0 Å². The molecule has 1 aromatic rings. The van der Waals surface area contributed by atoms with Crippen LogP contribution in [0, 0.1) is 13.8 Å². The van der Waals surface area contributed by atoms with Crippen LogP contribution in [0.4, 0.5) is 0 Å². The summed E-state index contributed by atoms with van der Waals surface area (Å²) >= 11 is 1.56. The second-order valence-electron chi connectivity index (χ2n) is 3.40. The minimum absolute atomic E-state index is 0.0522. The molecule has 0 aliphatic heterocycles. The van der Waals surface area contributed by atoms with Gasteiger partial charge in [-0.3, -0.25) is 9.59 Å². The van der Waals surface area contributed by atoms with Crippen molar-refractivity contribution in [3.8, 4) is 0 Å². The van der Waals surface area contributed by atoms with E-state index in [1.165, 1.54) is 6.92 Å². The number of aromatic nitrogens is 1. The third-order valence-corrected chi connectivity index (χ3v) is 2.99. The minimum atomic E-state index is -0.243. The lowest BCUT2D eigenvalue weighted by Crippen LogP contribution is -2.24. The molecule has 1 aromatic heterocycles. The van der Waals surface area contributed by atoms with Gasteiger partial charge < -0.3 is 5.32 Å². The van der Waals surface area contributed by atoms with E-state index in [9.17, 15) is 9.59 Å². The Kier molecular flexibility index (Phi) is 3.96. The predicted molar refractivity (Wildman–Crippen MR) is 58.7 cm³/mol. The molecular weight excluding hydrogens is 212 g/mol. The Hall–Kier alpha value is -1.23. The van der Waals surface area contributed by atoms with Gasteiger partial charge in [0, 0.05) is 4.88 Å². The maximum Gasteiger partial charge on any atom is 0.227 e. The molecule has 1 amide bonds. The molecule has 0 fully saturated rings. The number of carbonyl (C=O) groups is 2. The second-order valence-corrected chi connectivity index (χ2v) is 4.69. The Bertz CT molecular complexity index is 365. The average molecular weight is 226 g/mol. The number of amides is 1. The molecule has 0 bridgehead atoms. The van der Waals surface area contributed by atoms with E-state index in [1.54, 1.807) is 11.3 Å². The monoisotopic (exact) mass is 226 g/mol. The van der Waals surface area contributed by atoms with Crippen molar-refractivity contribution in [1.82, 2.24) is 10.3 Å². The van der Waals surface area contributed by atoms with E-state index in [2.05, 4.69) is 10.3 Å². The first kappa shape index (κ1) is 11.8. The molecule has 0 saturated heterocycles. The zero-order valence-corrected chi connectivity index (χ0v) is 9.90. The van der Waals surface area contributed by atoms with Gasteiger partial charge in [0.15, 0.2) is 0 Å². The normalized spacial score (nSPS) is 10.1. The van der Waals surface area contributed by atoms with Gasteiger partial charge in [-0.15, -0.1) is 11.3 Å². The van der Waals surface area contributed by atoms with Crippen molar-refractivity contribution < 1.29 is 9.59 Å². The van der Waals surface area contributed by atoms with Crippen LogP contribution in [0.3, 0.4) is 0 Å². The van der Waals surface area contributed by atoms with Crippen molar-refractivity contribution in [3.63, 3.8) is 0 Å². The number of ketones is 1. The summed E-state index contributed by atoms with van der Waals surface area (Å²) in [6.45, 7) is 5.74. The van der Waals surface area contributed by atoms with E-state index in [0.29, 0.717) is 6.54 Å².